The van der Waals surface area contributed by atoms with Crippen LogP contribution in [0.5, 0.6) is 17.2 Å². The van der Waals surface area contributed by atoms with E-state index in [4.69, 9.17) is 25.8 Å². The lowest BCUT2D eigenvalue weighted by molar-refractivity contribution is 0.0625. The zero-order chi connectivity index (χ0) is 23.4. The van der Waals surface area contributed by atoms with Crippen LogP contribution in [-0.2, 0) is 6.54 Å². The lowest BCUT2D eigenvalue weighted by Gasteiger charge is -2.34. The third-order valence-corrected chi connectivity index (χ3v) is 7.21. The molecule has 1 fully saturated rings. The molecule has 174 valence electrons. The number of hydrogen-bond acceptors (Lipinski definition) is 6. The normalized spacial score (nSPS) is 14.2. The molecule has 0 atom stereocenters. The Morgan fingerprint density at radius 1 is 0.909 bits per heavy atom. The second-order valence-corrected chi connectivity index (χ2v) is 9.27. The van der Waals surface area contributed by atoms with Gasteiger partial charge in [0.25, 0.3) is 5.91 Å². The van der Waals surface area contributed by atoms with Gasteiger partial charge in [-0.3, -0.25) is 9.69 Å². The number of amides is 1. The molecule has 1 saturated heterocycles. The van der Waals surface area contributed by atoms with Crippen molar-refractivity contribution in [1.29, 1.82) is 0 Å². The van der Waals surface area contributed by atoms with Gasteiger partial charge < -0.3 is 19.1 Å². The van der Waals surface area contributed by atoms with Crippen LogP contribution in [0.2, 0.25) is 5.02 Å². The maximum absolute atomic E-state index is 13.2. The molecule has 0 spiro atoms. The number of methoxy groups -OCH3 is 3. The van der Waals surface area contributed by atoms with Crippen molar-refractivity contribution in [2.75, 3.05) is 47.5 Å². The van der Waals surface area contributed by atoms with Crippen molar-refractivity contribution in [1.82, 2.24) is 9.80 Å². The summed E-state index contributed by atoms with van der Waals surface area (Å²) >= 11 is 8.11. The molecule has 2 heterocycles. The smallest absolute Gasteiger partial charge is 0.257 e. The van der Waals surface area contributed by atoms with E-state index < -0.39 is 0 Å². The fourth-order valence-corrected chi connectivity index (χ4v) is 5.42. The van der Waals surface area contributed by atoms with E-state index in [1.54, 1.807) is 30.6 Å². The standard InChI is InChI=1S/C25H27ClN2O4S/c1-30-21-10-9-19(23(31-2)24(21)32-3)25(29)28-14-12-27(13-15-28)16-17-8-11-22(33-17)18-6-4-5-7-20(18)26/h4-11H,12-16H2,1-3H3. The highest BCUT2D eigenvalue weighted by Crippen LogP contribution is 2.40. The van der Waals surface area contributed by atoms with Gasteiger partial charge in [-0.1, -0.05) is 29.8 Å². The molecule has 1 aromatic heterocycles. The summed E-state index contributed by atoms with van der Waals surface area (Å²) in [6, 6.07) is 15.7. The van der Waals surface area contributed by atoms with Gasteiger partial charge in [0.1, 0.15) is 0 Å². The van der Waals surface area contributed by atoms with Crippen molar-refractivity contribution in [2.24, 2.45) is 0 Å². The number of nitrogens with zero attached hydrogens (tertiary/aromatic N) is 2. The van der Waals surface area contributed by atoms with Crippen LogP contribution in [0.1, 0.15) is 15.2 Å². The molecule has 0 N–H and O–H groups in total. The van der Waals surface area contributed by atoms with Crippen LogP contribution in [0.15, 0.2) is 48.5 Å². The Balaban J connectivity index is 1.40. The van der Waals surface area contributed by atoms with Crippen LogP contribution >= 0.6 is 22.9 Å². The Morgan fingerprint density at radius 3 is 2.30 bits per heavy atom. The van der Waals surface area contributed by atoms with Crippen molar-refractivity contribution in [3.05, 3.63) is 64.0 Å². The van der Waals surface area contributed by atoms with Crippen LogP contribution in [-0.4, -0.2) is 63.2 Å². The van der Waals surface area contributed by atoms with Crippen molar-refractivity contribution in [3.8, 4) is 27.7 Å². The highest BCUT2D eigenvalue weighted by atomic mass is 35.5. The van der Waals surface area contributed by atoms with E-state index in [1.165, 1.54) is 24.0 Å². The van der Waals surface area contributed by atoms with Gasteiger partial charge in [0.05, 0.1) is 26.9 Å². The van der Waals surface area contributed by atoms with E-state index in [1.807, 2.05) is 29.2 Å². The number of benzene rings is 2. The Labute approximate surface area is 203 Å². The topological polar surface area (TPSA) is 51.2 Å². The second-order valence-electron chi connectivity index (χ2n) is 7.70. The van der Waals surface area contributed by atoms with Gasteiger partial charge >= 0.3 is 0 Å². The van der Waals surface area contributed by atoms with Gasteiger partial charge in [0, 0.05) is 53.1 Å². The number of carbonyl (C=O) groups excluding carboxylic acids is 1. The summed E-state index contributed by atoms with van der Waals surface area (Å²) in [6.45, 7) is 3.77. The first-order chi connectivity index (χ1) is 16.0. The van der Waals surface area contributed by atoms with Crippen LogP contribution in [0.25, 0.3) is 10.4 Å². The average molecular weight is 487 g/mol. The van der Waals surface area contributed by atoms with Crippen molar-refractivity contribution < 1.29 is 19.0 Å². The summed E-state index contributed by atoms with van der Waals surface area (Å²) in [5, 5.41) is 0.767. The van der Waals surface area contributed by atoms with Crippen LogP contribution in [0.3, 0.4) is 0 Å². The number of thiophene rings is 1. The van der Waals surface area contributed by atoms with E-state index in [0.717, 1.165) is 30.2 Å². The third-order valence-electron chi connectivity index (χ3n) is 5.77. The molecule has 1 aliphatic heterocycles. The quantitative estimate of drug-likeness (QED) is 0.467. The zero-order valence-corrected chi connectivity index (χ0v) is 20.5. The minimum Gasteiger partial charge on any atom is -0.493 e. The Kier molecular flexibility index (Phi) is 7.42. The van der Waals surface area contributed by atoms with Gasteiger partial charge in [-0.25, -0.2) is 0 Å². The summed E-state index contributed by atoms with van der Waals surface area (Å²) < 4.78 is 16.2. The molecule has 2 aromatic carbocycles. The molecule has 0 radical (unpaired) electrons. The second kappa shape index (κ2) is 10.5. The summed E-state index contributed by atoms with van der Waals surface area (Å²) in [4.78, 5) is 19.9. The minimum atomic E-state index is -0.0652. The van der Waals surface area contributed by atoms with E-state index in [2.05, 4.69) is 17.0 Å². The molecule has 0 saturated carbocycles. The average Bonchev–Trinajstić information content (AvgIpc) is 3.31. The predicted molar refractivity (Wildman–Crippen MR) is 132 cm³/mol. The van der Waals surface area contributed by atoms with Crippen LogP contribution in [0.4, 0.5) is 0 Å². The molecular weight excluding hydrogens is 460 g/mol. The first-order valence-electron chi connectivity index (χ1n) is 10.7. The lowest BCUT2D eigenvalue weighted by Crippen LogP contribution is -2.48. The van der Waals surface area contributed by atoms with E-state index >= 15 is 0 Å². The molecule has 6 nitrogen and oxygen atoms in total. The number of ether oxygens (including phenoxy) is 3. The van der Waals surface area contributed by atoms with E-state index in [0.29, 0.717) is 35.9 Å². The molecule has 0 unspecified atom stereocenters. The third kappa shape index (κ3) is 4.95. The highest BCUT2D eigenvalue weighted by molar-refractivity contribution is 7.15. The summed E-state index contributed by atoms with van der Waals surface area (Å²) in [5.41, 5.74) is 1.54. The monoisotopic (exact) mass is 486 g/mol. The predicted octanol–water partition coefficient (Wildman–Crippen LogP) is 5.05. The van der Waals surface area contributed by atoms with Crippen molar-refractivity contribution in [2.45, 2.75) is 6.54 Å². The molecule has 0 aliphatic carbocycles. The number of hydrogen-bond donors (Lipinski definition) is 0. The first kappa shape index (κ1) is 23.4. The number of rotatable bonds is 7. The molecule has 3 aromatic rings. The molecule has 8 heteroatoms. The summed E-state index contributed by atoms with van der Waals surface area (Å²) in [5.74, 6) is 1.29. The summed E-state index contributed by atoms with van der Waals surface area (Å²) in [6.07, 6.45) is 0. The van der Waals surface area contributed by atoms with E-state index in [9.17, 15) is 4.79 Å². The maximum Gasteiger partial charge on any atom is 0.257 e. The lowest BCUT2D eigenvalue weighted by atomic mass is 10.1. The van der Waals surface area contributed by atoms with Crippen LogP contribution in [0, 0.1) is 0 Å². The molecule has 4 rings (SSSR count). The van der Waals surface area contributed by atoms with Gasteiger partial charge in [-0.15, -0.1) is 11.3 Å². The molecule has 0 bridgehead atoms. The number of halogens is 1. The summed E-state index contributed by atoms with van der Waals surface area (Å²) in [7, 11) is 4.63. The number of carbonyl (C=O) groups is 1. The largest absolute Gasteiger partial charge is 0.493 e. The molecule has 1 aliphatic rings. The molecular formula is C25H27ClN2O4S. The van der Waals surface area contributed by atoms with Gasteiger partial charge in [-0.05, 0) is 30.3 Å². The zero-order valence-electron chi connectivity index (χ0n) is 19.0. The Hall–Kier alpha value is -2.74. The van der Waals surface area contributed by atoms with Crippen molar-refractivity contribution >= 4 is 28.8 Å². The van der Waals surface area contributed by atoms with Crippen LogP contribution < -0.4 is 14.2 Å². The SMILES string of the molecule is COc1ccc(C(=O)N2CCN(Cc3ccc(-c4ccccc4Cl)s3)CC2)c(OC)c1OC. The molecule has 1 amide bonds. The minimum absolute atomic E-state index is 0.0652. The van der Waals surface area contributed by atoms with Gasteiger partial charge in [-0.2, -0.15) is 0 Å². The highest BCUT2D eigenvalue weighted by Gasteiger charge is 2.27. The fourth-order valence-electron chi connectivity index (χ4n) is 4.04. The number of piperazine rings is 1. The maximum atomic E-state index is 13.2. The Morgan fingerprint density at radius 2 is 1.64 bits per heavy atom. The van der Waals surface area contributed by atoms with Gasteiger partial charge in [0.15, 0.2) is 11.5 Å². The fraction of sp³-hybridized carbons (Fsp3) is 0.320. The van der Waals surface area contributed by atoms with Gasteiger partial charge in [0.2, 0.25) is 5.75 Å². The van der Waals surface area contributed by atoms with Crippen molar-refractivity contribution in [3.63, 3.8) is 0 Å². The molecule has 33 heavy (non-hydrogen) atoms. The van der Waals surface area contributed by atoms with E-state index in [-0.39, 0.29) is 5.91 Å². The first-order valence-corrected chi connectivity index (χ1v) is 11.9. The Bertz CT molecular complexity index is 1130.